The van der Waals surface area contributed by atoms with Gasteiger partial charge in [-0.1, -0.05) is 18.2 Å². The van der Waals surface area contributed by atoms with Gasteiger partial charge in [-0.3, -0.25) is 9.59 Å². The lowest BCUT2D eigenvalue weighted by atomic mass is 10.1. The Labute approximate surface area is 140 Å². The summed E-state index contributed by atoms with van der Waals surface area (Å²) in [5.41, 5.74) is 0. The summed E-state index contributed by atoms with van der Waals surface area (Å²) in [6, 6.07) is 12.2. The standard InChI is InChI=1S/C18H20N2O4/c21-17-15(8-4-5-11-19-17)20-18(22)16-10-9-14(24-16)12-23-13-6-2-1-3-7-13/h1-3,6-7,9-10,15H,4-5,8,11-12H2,(H,19,21)(H,20,22)/t15-/m0/s1. The van der Waals surface area contributed by atoms with Gasteiger partial charge in [-0.15, -0.1) is 0 Å². The topological polar surface area (TPSA) is 80.6 Å². The van der Waals surface area contributed by atoms with Crippen molar-refractivity contribution in [3.63, 3.8) is 0 Å². The number of hydrogen-bond donors (Lipinski definition) is 2. The molecule has 1 saturated heterocycles. The molecule has 1 aliphatic heterocycles. The van der Waals surface area contributed by atoms with Crippen molar-refractivity contribution in [1.29, 1.82) is 0 Å². The maximum atomic E-state index is 12.2. The number of benzene rings is 1. The van der Waals surface area contributed by atoms with Gasteiger partial charge in [0.1, 0.15) is 24.2 Å². The minimum atomic E-state index is -0.505. The van der Waals surface area contributed by atoms with Crippen LogP contribution in [-0.2, 0) is 11.4 Å². The molecule has 24 heavy (non-hydrogen) atoms. The van der Waals surface area contributed by atoms with Crippen molar-refractivity contribution < 1.29 is 18.7 Å². The van der Waals surface area contributed by atoms with E-state index in [1.54, 1.807) is 12.1 Å². The SMILES string of the molecule is O=C(N[C@H]1CCCCNC1=O)c1ccc(COc2ccccc2)o1. The second-order valence-electron chi connectivity index (χ2n) is 5.68. The molecule has 0 saturated carbocycles. The van der Waals surface area contributed by atoms with Crippen molar-refractivity contribution in [3.8, 4) is 5.75 Å². The fourth-order valence-electron chi connectivity index (χ4n) is 2.56. The largest absolute Gasteiger partial charge is 0.486 e. The predicted octanol–water partition coefficient (Wildman–Crippen LogP) is 2.26. The van der Waals surface area contributed by atoms with Crippen LogP contribution in [0, 0.1) is 0 Å². The van der Waals surface area contributed by atoms with E-state index in [0.717, 1.165) is 18.6 Å². The third-order valence-corrected chi connectivity index (χ3v) is 3.85. The number of rotatable bonds is 5. The molecule has 0 radical (unpaired) electrons. The highest BCUT2D eigenvalue weighted by Gasteiger charge is 2.24. The Bertz CT molecular complexity index is 696. The Hall–Kier alpha value is -2.76. The van der Waals surface area contributed by atoms with Gasteiger partial charge in [-0.25, -0.2) is 0 Å². The first-order valence-corrected chi connectivity index (χ1v) is 8.07. The van der Waals surface area contributed by atoms with E-state index in [2.05, 4.69) is 10.6 Å². The Morgan fingerprint density at radius 1 is 1.21 bits per heavy atom. The molecular formula is C18H20N2O4. The molecule has 1 atom stereocenters. The first-order valence-electron chi connectivity index (χ1n) is 8.07. The fourth-order valence-corrected chi connectivity index (χ4v) is 2.56. The van der Waals surface area contributed by atoms with E-state index in [9.17, 15) is 9.59 Å². The zero-order chi connectivity index (χ0) is 16.8. The molecular weight excluding hydrogens is 308 g/mol. The van der Waals surface area contributed by atoms with E-state index in [1.165, 1.54) is 0 Å². The van der Waals surface area contributed by atoms with Crippen LogP contribution in [0.4, 0.5) is 0 Å². The molecule has 6 heteroatoms. The van der Waals surface area contributed by atoms with Gasteiger partial charge >= 0.3 is 0 Å². The van der Waals surface area contributed by atoms with E-state index in [1.807, 2.05) is 30.3 Å². The molecule has 1 fully saturated rings. The van der Waals surface area contributed by atoms with Gasteiger partial charge in [-0.2, -0.15) is 0 Å². The zero-order valence-electron chi connectivity index (χ0n) is 13.3. The summed E-state index contributed by atoms with van der Waals surface area (Å²) < 4.78 is 11.1. The zero-order valence-corrected chi connectivity index (χ0v) is 13.3. The van der Waals surface area contributed by atoms with Crippen molar-refractivity contribution in [3.05, 3.63) is 54.0 Å². The lowest BCUT2D eigenvalue weighted by Crippen LogP contribution is -2.45. The number of ether oxygens (including phenoxy) is 1. The van der Waals surface area contributed by atoms with Crippen LogP contribution in [0.5, 0.6) is 5.75 Å². The Morgan fingerprint density at radius 2 is 2.04 bits per heavy atom. The molecule has 2 N–H and O–H groups in total. The minimum absolute atomic E-state index is 0.139. The van der Waals surface area contributed by atoms with Gasteiger partial charge < -0.3 is 19.8 Å². The first-order chi connectivity index (χ1) is 11.7. The van der Waals surface area contributed by atoms with Crippen LogP contribution >= 0.6 is 0 Å². The molecule has 1 aliphatic rings. The van der Waals surface area contributed by atoms with E-state index in [-0.39, 0.29) is 24.2 Å². The molecule has 2 amide bonds. The average molecular weight is 328 g/mol. The highest BCUT2D eigenvalue weighted by Crippen LogP contribution is 2.14. The van der Waals surface area contributed by atoms with Crippen molar-refractivity contribution in [2.45, 2.75) is 31.9 Å². The monoisotopic (exact) mass is 328 g/mol. The lowest BCUT2D eigenvalue weighted by Gasteiger charge is -2.14. The summed E-state index contributed by atoms with van der Waals surface area (Å²) in [7, 11) is 0. The lowest BCUT2D eigenvalue weighted by molar-refractivity contribution is -0.122. The number of carbonyl (C=O) groups is 2. The predicted molar refractivity (Wildman–Crippen MR) is 87.6 cm³/mol. The molecule has 1 aromatic carbocycles. The molecule has 0 bridgehead atoms. The number of para-hydroxylation sites is 1. The molecule has 0 spiro atoms. The Kier molecular flexibility index (Phi) is 5.15. The number of carbonyl (C=O) groups excluding carboxylic acids is 2. The van der Waals surface area contributed by atoms with E-state index in [4.69, 9.17) is 9.15 Å². The first kappa shape index (κ1) is 16.1. The van der Waals surface area contributed by atoms with Gasteiger partial charge in [0.25, 0.3) is 5.91 Å². The second kappa shape index (κ2) is 7.68. The Morgan fingerprint density at radius 3 is 2.88 bits per heavy atom. The van der Waals surface area contributed by atoms with E-state index in [0.29, 0.717) is 18.7 Å². The van der Waals surface area contributed by atoms with Crippen LogP contribution in [0.2, 0.25) is 0 Å². The molecule has 0 aliphatic carbocycles. The van der Waals surface area contributed by atoms with Gasteiger partial charge in [-0.05, 0) is 43.5 Å². The normalized spacial score (nSPS) is 17.7. The third kappa shape index (κ3) is 4.16. The quantitative estimate of drug-likeness (QED) is 0.882. The smallest absolute Gasteiger partial charge is 0.287 e. The highest BCUT2D eigenvalue weighted by atomic mass is 16.5. The molecule has 6 nitrogen and oxygen atoms in total. The van der Waals surface area contributed by atoms with Crippen molar-refractivity contribution in [2.75, 3.05) is 6.54 Å². The molecule has 0 unspecified atom stereocenters. The van der Waals surface area contributed by atoms with Crippen LogP contribution in [0.15, 0.2) is 46.9 Å². The molecule has 126 valence electrons. The van der Waals surface area contributed by atoms with Crippen LogP contribution in [-0.4, -0.2) is 24.4 Å². The highest BCUT2D eigenvalue weighted by molar-refractivity contribution is 5.95. The van der Waals surface area contributed by atoms with E-state index >= 15 is 0 Å². The molecule has 3 rings (SSSR count). The minimum Gasteiger partial charge on any atom is -0.486 e. The Balaban J connectivity index is 1.56. The number of nitrogens with one attached hydrogen (secondary N) is 2. The maximum Gasteiger partial charge on any atom is 0.287 e. The van der Waals surface area contributed by atoms with Crippen molar-refractivity contribution in [1.82, 2.24) is 10.6 Å². The number of furan rings is 1. The van der Waals surface area contributed by atoms with Gasteiger partial charge in [0.15, 0.2) is 5.76 Å². The maximum absolute atomic E-state index is 12.2. The molecule has 2 heterocycles. The summed E-state index contributed by atoms with van der Waals surface area (Å²) in [6.45, 7) is 0.897. The van der Waals surface area contributed by atoms with Crippen LogP contribution in [0.3, 0.4) is 0 Å². The number of amides is 2. The van der Waals surface area contributed by atoms with Gasteiger partial charge in [0.05, 0.1) is 0 Å². The second-order valence-corrected chi connectivity index (χ2v) is 5.68. The molecule has 1 aromatic heterocycles. The summed E-state index contributed by atoms with van der Waals surface area (Å²) >= 11 is 0. The summed E-state index contributed by atoms with van der Waals surface area (Å²) in [4.78, 5) is 24.1. The van der Waals surface area contributed by atoms with Crippen LogP contribution in [0.1, 0.15) is 35.6 Å². The van der Waals surface area contributed by atoms with Crippen molar-refractivity contribution >= 4 is 11.8 Å². The van der Waals surface area contributed by atoms with Crippen molar-refractivity contribution in [2.24, 2.45) is 0 Å². The summed E-state index contributed by atoms with van der Waals surface area (Å²) in [6.07, 6.45) is 2.47. The van der Waals surface area contributed by atoms with Crippen LogP contribution in [0.25, 0.3) is 0 Å². The van der Waals surface area contributed by atoms with E-state index < -0.39 is 6.04 Å². The fraction of sp³-hybridized carbons (Fsp3) is 0.333. The number of hydrogen-bond acceptors (Lipinski definition) is 4. The summed E-state index contributed by atoms with van der Waals surface area (Å²) in [5, 5.41) is 5.52. The average Bonchev–Trinajstić information content (AvgIpc) is 2.99. The third-order valence-electron chi connectivity index (χ3n) is 3.85. The summed E-state index contributed by atoms with van der Waals surface area (Å²) in [5.74, 6) is 0.936. The molecule has 2 aromatic rings. The van der Waals surface area contributed by atoms with Gasteiger partial charge in [0, 0.05) is 6.54 Å². The van der Waals surface area contributed by atoms with Gasteiger partial charge in [0.2, 0.25) is 5.91 Å². The van der Waals surface area contributed by atoms with Crippen LogP contribution < -0.4 is 15.4 Å².